The fourth-order valence-corrected chi connectivity index (χ4v) is 2.24. The second-order valence-electron chi connectivity index (χ2n) is 3.68. The zero-order valence-electron chi connectivity index (χ0n) is 9.34. The minimum Gasteiger partial charge on any atom is -0.336 e. The predicted molar refractivity (Wildman–Crippen MR) is 65.6 cm³/mol. The number of benzene rings is 1. The van der Waals surface area contributed by atoms with E-state index in [0.29, 0.717) is 0 Å². The summed E-state index contributed by atoms with van der Waals surface area (Å²) in [7, 11) is 0. The van der Waals surface area contributed by atoms with Crippen LogP contribution in [0.25, 0.3) is 0 Å². The summed E-state index contributed by atoms with van der Waals surface area (Å²) in [5.41, 5.74) is 2.54. The van der Waals surface area contributed by atoms with Crippen LogP contribution in [0, 0.1) is 13.8 Å². The van der Waals surface area contributed by atoms with Gasteiger partial charge in [-0.15, -0.1) is 10.2 Å². The Morgan fingerprint density at radius 2 is 2.12 bits per heavy atom. The molecule has 0 aliphatic rings. The number of aryl methyl sites for hydroxylation is 2. The molecule has 0 bridgehead atoms. The topological polar surface area (TPSA) is 56.7 Å². The summed E-state index contributed by atoms with van der Waals surface area (Å²) in [5, 5.41) is 8.67. The first-order valence-corrected chi connectivity index (χ1v) is 6.01. The molecule has 1 aromatic heterocycles. The molecule has 0 saturated carbocycles. The van der Waals surface area contributed by atoms with Crippen molar-refractivity contribution in [3.05, 3.63) is 41.2 Å². The molecular weight excluding hydrogens is 220 g/mol. The second-order valence-corrected chi connectivity index (χ2v) is 4.62. The summed E-state index contributed by atoms with van der Waals surface area (Å²) in [6, 6.07) is 8.41. The molecule has 0 atom stereocenters. The van der Waals surface area contributed by atoms with Gasteiger partial charge in [-0.1, -0.05) is 41.6 Å². The molecule has 84 valence electrons. The van der Waals surface area contributed by atoms with Crippen LogP contribution in [-0.4, -0.2) is 14.9 Å². The van der Waals surface area contributed by atoms with Crippen molar-refractivity contribution >= 4 is 11.8 Å². The maximum Gasteiger partial charge on any atom is 0.210 e. The molecule has 1 aromatic carbocycles. The summed E-state index contributed by atoms with van der Waals surface area (Å²) < 4.78 is 1.51. The molecule has 0 amide bonds. The van der Waals surface area contributed by atoms with E-state index < -0.39 is 0 Å². The number of nitrogen functional groups attached to an aromatic ring is 1. The third kappa shape index (κ3) is 2.36. The van der Waals surface area contributed by atoms with Crippen LogP contribution in [0.15, 0.2) is 29.4 Å². The second kappa shape index (κ2) is 4.57. The van der Waals surface area contributed by atoms with Crippen molar-refractivity contribution in [2.24, 2.45) is 0 Å². The van der Waals surface area contributed by atoms with E-state index in [1.807, 2.05) is 6.92 Å². The fourth-order valence-electron chi connectivity index (χ4n) is 1.40. The molecular formula is C11H14N4S. The van der Waals surface area contributed by atoms with Gasteiger partial charge in [0.25, 0.3) is 0 Å². The molecule has 2 aromatic rings. The van der Waals surface area contributed by atoms with Crippen molar-refractivity contribution in [2.45, 2.75) is 24.8 Å². The summed E-state index contributed by atoms with van der Waals surface area (Å²) in [4.78, 5) is 0. The number of aromatic nitrogens is 3. The van der Waals surface area contributed by atoms with Crippen molar-refractivity contribution in [1.29, 1.82) is 0 Å². The van der Waals surface area contributed by atoms with Crippen molar-refractivity contribution in [3.63, 3.8) is 0 Å². The van der Waals surface area contributed by atoms with Gasteiger partial charge in [0, 0.05) is 5.75 Å². The molecule has 2 N–H and O–H groups in total. The van der Waals surface area contributed by atoms with Gasteiger partial charge in [0.05, 0.1) is 0 Å². The Morgan fingerprint density at radius 3 is 2.75 bits per heavy atom. The zero-order valence-corrected chi connectivity index (χ0v) is 10.2. The van der Waals surface area contributed by atoms with E-state index >= 15 is 0 Å². The van der Waals surface area contributed by atoms with E-state index in [-0.39, 0.29) is 0 Å². The van der Waals surface area contributed by atoms with Gasteiger partial charge in [0.2, 0.25) is 5.16 Å². The van der Waals surface area contributed by atoms with Gasteiger partial charge in [-0.05, 0) is 19.4 Å². The van der Waals surface area contributed by atoms with Gasteiger partial charge in [-0.2, -0.15) is 0 Å². The average molecular weight is 234 g/mol. The van der Waals surface area contributed by atoms with Crippen LogP contribution in [-0.2, 0) is 5.75 Å². The Bertz CT molecular complexity index is 492. The van der Waals surface area contributed by atoms with Crippen LogP contribution >= 0.6 is 11.8 Å². The van der Waals surface area contributed by atoms with E-state index in [4.69, 9.17) is 5.84 Å². The molecule has 4 nitrogen and oxygen atoms in total. The number of rotatable bonds is 3. The first-order valence-electron chi connectivity index (χ1n) is 5.02. The zero-order chi connectivity index (χ0) is 11.5. The molecule has 0 spiro atoms. The maximum absolute atomic E-state index is 5.77. The lowest BCUT2D eigenvalue weighted by Crippen LogP contribution is -2.11. The molecule has 0 aliphatic heterocycles. The monoisotopic (exact) mass is 234 g/mol. The fraction of sp³-hybridized carbons (Fsp3) is 0.273. The standard InChI is InChI=1S/C11H14N4S/c1-8-4-3-5-10(6-8)7-16-11-14-13-9(2)15(11)12/h3-6H,7,12H2,1-2H3. The van der Waals surface area contributed by atoms with Gasteiger partial charge in [0.15, 0.2) is 0 Å². The molecule has 16 heavy (non-hydrogen) atoms. The molecule has 0 fully saturated rings. The Hall–Kier alpha value is -1.49. The van der Waals surface area contributed by atoms with Crippen molar-refractivity contribution < 1.29 is 0 Å². The third-order valence-corrected chi connectivity index (χ3v) is 3.30. The van der Waals surface area contributed by atoms with Crippen LogP contribution in [0.5, 0.6) is 0 Å². The van der Waals surface area contributed by atoms with Gasteiger partial charge in [0.1, 0.15) is 5.82 Å². The average Bonchev–Trinajstić information content (AvgIpc) is 2.57. The number of hydrogen-bond donors (Lipinski definition) is 1. The van der Waals surface area contributed by atoms with Gasteiger partial charge in [-0.25, -0.2) is 4.68 Å². The lowest BCUT2D eigenvalue weighted by Gasteiger charge is -2.02. The van der Waals surface area contributed by atoms with Crippen molar-refractivity contribution in [2.75, 3.05) is 5.84 Å². The Morgan fingerprint density at radius 1 is 1.31 bits per heavy atom. The highest BCUT2D eigenvalue weighted by Crippen LogP contribution is 2.20. The largest absolute Gasteiger partial charge is 0.336 e. The van der Waals surface area contributed by atoms with Crippen molar-refractivity contribution in [3.8, 4) is 0 Å². The highest BCUT2D eigenvalue weighted by atomic mass is 32.2. The maximum atomic E-state index is 5.77. The molecule has 0 aliphatic carbocycles. The molecule has 5 heteroatoms. The number of hydrogen-bond acceptors (Lipinski definition) is 4. The van der Waals surface area contributed by atoms with Crippen LogP contribution in [0.3, 0.4) is 0 Å². The van der Waals surface area contributed by atoms with Crippen LogP contribution in [0.1, 0.15) is 17.0 Å². The van der Waals surface area contributed by atoms with E-state index in [1.165, 1.54) is 15.8 Å². The van der Waals surface area contributed by atoms with Crippen molar-refractivity contribution in [1.82, 2.24) is 14.9 Å². The number of thioether (sulfide) groups is 1. The SMILES string of the molecule is Cc1cccc(CSc2nnc(C)n2N)c1. The lowest BCUT2D eigenvalue weighted by molar-refractivity contribution is 0.825. The molecule has 1 heterocycles. The smallest absolute Gasteiger partial charge is 0.210 e. The first kappa shape index (κ1) is 11.0. The predicted octanol–water partition coefficient (Wildman–Crippen LogP) is 1.90. The quantitative estimate of drug-likeness (QED) is 0.651. The Kier molecular flexibility index (Phi) is 3.14. The number of nitrogens with zero attached hydrogens (tertiary/aromatic N) is 3. The molecule has 0 radical (unpaired) electrons. The highest BCUT2D eigenvalue weighted by Gasteiger charge is 2.06. The normalized spacial score (nSPS) is 10.6. The van der Waals surface area contributed by atoms with E-state index in [9.17, 15) is 0 Å². The minimum absolute atomic E-state index is 0.728. The summed E-state index contributed by atoms with van der Waals surface area (Å²) in [6.07, 6.45) is 0. The third-order valence-electron chi connectivity index (χ3n) is 2.29. The first-order chi connectivity index (χ1) is 7.66. The van der Waals surface area contributed by atoms with Gasteiger partial charge in [-0.3, -0.25) is 0 Å². The minimum atomic E-state index is 0.728. The Labute approximate surface area is 98.8 Å². The summed E-state index contributed by atoms with van der Waals surface area (Å²) in [6.45, 7) is 3.92. The summed E-state index contributed by atoms with van der Waals surface area (Å²) >= 11 is 1.59. The lowest BCUT2D eigenvalue weighted by atomic mass is 10.2. The Balaban J connectivity index is 2.05. The highest BCUT2D eigenvalue weighted by molar-refractivity contribution is 7.98. The molecule has 2 rings (SSSR count). The molecule has 0 saturated heterocycles. The van der Waals surface area contributed by atoms with E-state index in [0.717, 1.165) is 16.7 Å². The van der Waals surface area contributed by atoms with Crippen LogP contribution < -0.4 is 5.84 Å². The van der Waals surface area contributed by atoms with Crippen LogP contribution in [0.2, 0.25) is 0 Å². The van der Waals surface area contributed by atoms with Gasteiger partial charge >= 0.3 is 0 Å². The summed E-state index contributed by atoms with van der Waals surface area (Å²) in [5.74, 6) is 7.35. The van der Waals surface area contributed by atoms with Gasteiger partial charge < -0.3 is 5.84 Å². The van der Waals surface area contributed by atoms with Crippen LogP contribution in [0.4, 0.5) is 0 Å². The van der Waals surface area contributed by atoms with E-state index in [2.05, 4.69) is 41.4 Å². The molecule has 0 unspecified atom stereocenters. The van der Waals surface area contributed by atoms with E-state index in [1.54, 1.807) is 11.8 Å². The number of nitrogens with two attached hydrogens (primary N) is 1.